The molecule has 2 aliphatic heterocycles. The fourth-order valence-corrected chi connectivity index (χ4v) is 5.14. The normalized spacial score (nSPS) is 26.9. The van der Waals surface area contributed by atoms with Gasteiger partial charge in [0.15, 0.2) is 0 Å². The molecule has 3 atom stereocenters. The SMILES string of the molecule is COC1CC(=O)N(C)CC(c2cccc(Cl)c2)C12C(=O)Nc1cccc(Cl)c12. The summed E-state index contributed by atoms with van der Waals surface area (Å²) in [4.78, 5) is 27.9. The highest BCUT2D eigenvalue weighted by atomic mass is 35.5. The number of benzene rings is 2. The molecule has 2 heterocycles. The number of hydrogen-bond acceptors (Lipinski definition) is 3. The highest BCUT2D eigenvalue weighted by molar-refractivity contribution is 6.33. The van der Waals surface area contributed by atoms with Gasteiger partial charge in [-0.3, -0.25) is 9.59 Å². The van der Waals surface area contributed by atoms with Crippen molar-refractivity contribution in [3.05, 3.63) is 63.6 Å². The van der Waals surface area contributed by atoms with E-state index in [0.29, 0.717) is 27.8 Å². The molecule has 2 aromatic rings. The van der Waals surface area contributed by atoms with Gasteiger partial charge >= 0.3 is 0 Å². The molecule has 3 unspecified atom stereocenters. The van der Waals surface area contributed by atoms with Crippen molar-refractivity contribution in [2.24, 2.45) is 0 Å². The van der Waals surface area contributed by atoms with Crippen LogP contribution in [0, 0.1) is 0 Å². The molecule has 1 fully saturated rings. The van der Waals surface area contributed by atoms with Crippen LogP contribution >= 0.6 is 23.2 Å². The second-order valence-corrected chi connectivity index (χ2v) is 8.14. The molecule has 0 bridgehead atoms. The van der Waals surface area contributed by atoms with Gasteiger partial charge in [0, 0.05) is 47.9 Å². The average molecular weight is 419 g/mol. The maximum Gasteiger partial charge on any atom is 0.238 e. The van der Waals surface area contributed by atoms with E-state index in [1.165, 1.54) is 7.11 Å². The number of carbonyl (C=O) groups is 2. The van der Waals surface area contributed by atoms with Crippen LogP contribution in [0.1, 0.15) is 23.5 Å². The molecule has 0 radical (unpaired) electrons. The van der Waals surface area contributed by atoms with Gasteiger partial charge in [0.25, 0.3) is 0 Å². The van der Waals surface area contributed by atoms with Crippen molar-refractivity contribution < 1.29 is 14.3 Å². The third-order valence-corrected chi connectivity index (χ3v) is 6.44. The summed E-state index contributed by atoms with van der Waals surface area (Å²) in [5, 5.41) is 4.01. The number of amides is 2. The van der Waals surface area contributed by atoms with E-state index < -0.39 is 11.5 Å². The van der Waals surface area contributed by atoms with E-state index in [4.69, 9.17) is 27.9 Å². The molecule has 0 aromatic heterocycles. The maximum atomic E-state index is 13.6. The van der Waals surface area contributed by atoms with Crippen LogP contribution in [0.5, 0.6) is 0 Å². The summed E-state index contributed by atoms with van der Waals surface area (Å²) in [6, 6.07) is 12.8. The average Bonchev–Trinajstić information content (AvgIpc) is 2.91. The minimum atomic E-state index is -1.15. The summed E-state index contributed by atoms with van der Waals surface area (Å²) < 4.78 is 5.79. The van der Waals surface area contributed by atoms with Gasteiger partial charge in [-0.15, -0.1) is 0 Å². The zero-order valence-corrected chi connectivity index (χ0v) is 17.1. The number of fused-ring (bicyclic) bond motifs is 2. The number of rotatable bonds is 2. The lowest BCUT2D eigenvalue weighted by molar-refractivity contribution is -0.132. The largest absolute Gasteiger partial charge is 0.379 e. The topological polar surface area (TPSA) is 58.6 Å². The molecule has 1 N–H and O–H groups in total. The number of nitrogens with one attached hydrogen (secondary N) is 1. The van der Waals surface area contributed by atoms with E-state index in [1.54, 1.807) is 30.1 Å². The standard InChI is InChI=1S/C21H20Cl2N2O3/c1-25-11-14(12-5-3-6-13(22)9-12)21(17(28-2)10-18(25)26)19-15(23)7-4-8-16(19)24-20(21)27/h3-9,14,17H,10-11H2,1-2H3,(H,24,27). The fourth-order valence-electron chi connectivity index (χ4n) is 4.61. The van der Waals surface area contributed by atoms with Gasteiger partial charge in [-0.2, -0.15) is 0 Å². The van der Waals surface area contributed by atoms with Crippen LogP contribution in [0.3, 0.4) is 0 Å². The molecular weight excluding hydrogens is 399 g/mol. The van der Waals surface area contributed by atoms with Crippen LogP contribution in [-0.4, -0.2) is 43.5 Å². The Balaban J connectivity index is 2.04. The van der Waals surface area contributed by atoms with Crippen molar-refractivity contribution in [1.82, 2.24) is 4.90 Å². The van der Waals surface area contributed by atoms with Gasteiger partial charge < -0.3 is 15.0 Å². The molecule has 5 nitrogen and oxygen atoms in total. The molecular formula is C21H20Cl2N2O3. The number of hydrogen-bond donors (Lipinski definition) is 1. The summed E-state index contributed by atoms with van der Waals surface area (Å²) in [5.74, 6) is -0.673. The molecule has 1 spiro atoms. The van der Waals surface area contributed by atoms with E-state index in [0.717, 1.165) is 5.56 Å². The van der Waals surface area contributed by atoms with Crippen LogP contribution in [0.25, 0.3) is 0 Å². The first-order valence-electron chi connectivity index (χ1n) is 9.02. The predicted molar refractivity (Wildman–Crippen MR) is 109 cm³/mol. The van der Waals surface area contributed by atoms with Gasteiger partial charge in [-0.1, -0.05) is 41.4 Å². The lowest BCUT2D eigenvalue weighted by Gasteiger charge is -2.40. The lowest BCUT2D eigenvalue weighted by Crippen LogP contribution is -2.51. The maximum absolute atomic E-state index is 13.6. The van der Waals surface area contributed by atoms with E-state index in [2.05, 4.69) is 5.32 Å². The van der Waals surface area contributed by atoms with Crippen molar-refractivity contribution in [3.8, 4) is 0 Å². The van der Waals surface area contributed by atoms with Gasteiger partial charge in [0.1, 0.15) is 5.41 Å². The summed E-state index contributed by atoms with van der Waals surface area (Å²) in [6.07, 6.45) is -0.586. The number of halogens is 2. The summed E-state index contributed by atoms with van der Waals surface area (Å²) in [7, 11) is 3.27. The Morgan fingerprint density at radius 3 is 2.64 bits per heavy atom. The first kappa shape index (κ1) is 19.2. The van der Waals surface area contributed by atoms with E-state index >= 15 is 0 Å². The van der Waals surface area contributed by atoms with Crippen molar-refractivity contribution in [1.29, 1.82) is 0 Å². The third-order valence-electron chi connectivity index (χ3n) is 5.89. The molecule has 146 valence electrons. The number of likely N-dealkylation sites (N-methyl/N-ethyl adjacent to an activating group) is 1. The van der Waals surface area contributed by atoms with Crippen molar-refractivity contribution in [2.75, 3.05) is 26.0 Å². The molecule has 28 heavy (non-hydrogen) atoms. The predicted octanol–water partition coefficient (Wildman–Crippen LogP) is 3.84. The molecule has 0 saturated carbocycles. The first-order chi connectivity index (χ1) is 13.4. The van der Waals surface area contributed by atoms with Crippen LogP contribution in [0.2, 0.25) is 10.0 Å². The highest BCUT2D eigenvalue weighted by Crippen LogP contribution is 2.54. The molecule has 4 rings (SSSR count). The molecule has 1 saturated heterocycles. The number of anilines is 1. The van der Waals surface area contributed by atoms with Crippen LogP contribution in [-0.2, 0) is 19.7 Å². The summed E-state index contributed by atoms with van der Waals surface area (Å²) in [6.45, 7) is 0.344. The Kier molecular flexibility index (Phi) is 4.86. The Bertz CT molecular complexity index is 964. The van der Waals surface area contributed by atoms with Crippen LogP contribution < -0.4 is 5.32 Å². The highest BCUT2D eigenvalue weighted by Gasteiger charge is 2.61. The van der Waals surface area contributed by atoms with Crippen molar-refractivity contribution in [3.63, 3.8) is 0 Å². The molecule has 2 aromatic carbocycles. The monoisotopic (exact) mass is 418 g/mol. The molecule has 7 heteroatoms. The number of carbonyl (C=O) groups excluding carboxylic acids is 2. The van der Waals surface area contributed by atoms with Gasteiger partial charge in [-0.25, -0.2) is 0 Å². The second-order valence-electron chi connectivity index (χ2n) is 7.30. The number of nitrogens with zero attached hydrogens (tertiary/aromatic N) is 1. The van der Waals surface area contributed by atoms with Gasteiger partial charge in [0.05, 0.1) is 12.5 Å². The Labute approximate surface area is 173 Å². The summed E-state index contributed by atoms with van der Waals surface area (Å²) in [5.41, 5.74) is 1.05. The van der Waals surface area contributed by atoms with Crippen LogP contribution in [0.15, 0.2) is 42.5 Å². The molecule has 2 amide bonds. The van der Waals surface area contributed by atoms with Gasteiger partial charge in [-0.05, 0) is 29.8 Å². The second kappa shape index (κ2) is 7.07. The van der Waals surface area contributed by atoms with E-state index in [9.17, 15) is 9.59 Å². The van der Waals surface area contributed by atoms with Crippen LogP contribution in [0.4, 0.5) is 5.69 Å². The number of ether oxygens (including phenoxy) is 1. The molecule has 0 aliphatic carbocycles. The molecule has 2 aliphatic rings. The minimum absolute atomic E-state index is 0.0796. The Morgan fingerprint density at radius 2 is 1.93 bits per heavy atom. The number of methoxy groups -OCH3 is 1. The third kappa shape index (κ3) is 2.72. The van der Waals surface area contributed by atoms with Crippen molar-refractivity contribution >= 4 is 40.7 Å². The Morgan fingerprint density at radius 1 is 1.18 bits per heavy atom. The minimum Gasteiger partial charge on any atom is -0.379 e. The number of likely N-dealkylation sites (tertiary alicyclic amines) is 1. The fraction of sp³-hybridized carbons (Fsp3) is 0.333. The smallest absolute Gasteiger partial charge is 0.238 e. The zero-order valence-electron chi connectivity index (χ0n) is 15.5. The van der Waals surface area contributed by atoms with E-state index in [1.807, 2.05) is 24.3 Å². The van der Waals surface area contributed by atoms with Crippen molar-refractivity contribution in [2.45, 2.75) is 23.9 Å². The summed E-state index contributed by atoms with van der Waals surface area (Å²) >= 11 is 12.9. The first-order valence-corrected chi connectivity index (χ1v) is 9.77. The zero-order chi connectivity index (χ0) is 20.1. The van der Waals surface area contributed by atoms with Gasteiger partial charge in [0.2, 0.25) is 11.8 Å². The lowest BCUT2D eigenvalue weighted by atomic mass is 9.64. The van der Waals surface area contributed by atoms with E-state index in [-0.39, 0.29) is 24.2 Å². The Hall–Kier alpha value is -2.08. The quantitative estimate of drug-likeness (QED) is 0.805.